The average Bonchev–Trinajstić information content (AvgIpc) is 3.04. The van der Waals surface area contributed by atoms with Crippen LogP contribution in [0.15, 0.2) is 34.6 Å². The molecule has 25 heavy (non-hydrogen) atoms. The second-order valence-corrected chi connectivity index (χ2v) is 7.41. The Hall–Kier alpha value is -2.01. The molecule has 1 unspecified atom stereocenters. The van der Waals surface area contributed by atoms with Gasteiger partial charge in [0.1, 0.15) is 23.2 Å². The summed E-state index contributed by atoms with van der Waals surface area (Å²) in [4.78, 5) is 6.98. The lowest BCUT2D eigenvalue weighted by Gasteiger charge is -2.34. The van der Waals surface area contributed by atoms with Crippen LogP contribution >= 0.6 is 11.3 Å². The van der Waals surface area contributed by atoms with E-state index in [1.807, 2.05) is 0 Å². The number of hydrogen-bond donors (Lipinski definition) is 1. The molecule has 0 aliphatic carbocycles. The van der Waals surface area contributed by atoms with Gasteiger partial charge in [0.05, 0.1) is 18.3 Å². The smallest absolute Gasteiger partial charge is 0.135 e. The fourth-order valence-electron chi connectivity index (χ4n) is 3.08. The van der Waals surface area contributed by atoms with E-state index in [9.17, 15) is 0 Å². The molecular weight excluding hydrogens is 330 g/mol. The lowest BCUT2D eigenvalue weighted by molar-refractivity contribution is 0.325. The summed E-state index contributed by atoms with van der Waals surface area (Å²) in [5.74, 6) is 2.00. The lowest BCUT2D eigenvalue weighted by atomic mass is 10.1. The van der Waals surface area contributed by atoms with Gasteiger partial charge < -0.3 is 15.0 Å². The first-order chi connectivity index (χ1) is 12.1. The fourth-order valence-corrected chi connectivity index (χ4v) is 3.94. The predicted molar refractivity (Wildman–Crippen MR) is 107 cm³/mol. The second kappa shape index (κ2) is 7.91. The first-order valence-corrected chi connectivity index (χ1v) is 9.82. The van der Waals surface area contributed by atoms with Crippen molar-refractivity contribution in [1.29, 1.82) is 0 Å². The molecule has 1 aromatic carbocycles. The largest absolute Gasteiger partial charge is 0.491 e. The summed E-state index contributed by atoms with van der Waals surface area (Å²) in [5, 5.41) is 6.80. The van der Waals surface area contributed by atoms with Gasteiger partial charge in [-0.3, -0.25) is 4.99 Å². The van der Waals surface area contributed by atoms with Crippen LogP contribution in [0.5, 0.6) is 5.75 Å². The number of aryl methyl sites for hydroxylation is 2. The van der Waals surface area contributed by atoms with Crippen LogP contribution in [0.4, 0.5) is 5.00 Å². The standard InChI is InChI=1S/C20H27N3OS/c1-5-6-16-7-8-18(14(2)13-16)24-11-10-21-19-17-9-12-25-20(17)22-15(3)23(19)4/h7-9,12-13,15,22H,5-6,10-11H2,1-4H3. The monoisotopic (exact) mass is 357 g/mol. The first-order valence-electron chi connectivity index (χ1n) is 8.94. The van der Waals surface area contributed by atoms with E-state index >= 15 is 0 Å². The molecule has 1 aliphatic heterocycles. The van der Waals surface area contributed by atoms with Gasteiger partial charge in [0.15, 0.2) is 0 Å². The van der Waals surface area contributed by atoms with E-state index in [-0.39, 0.29) is 6.17 Å². The van der Waals surface area contributed by atoms with E-state index in [4.69, 9.17) is 9.73 Å². The van der Waals surface area contributed by atoms with Crippen LogP contribution in [0, 0.1) is 6.92 Å². The highest BCUT2D eigenvalue weighted by Crippen LogP contribution is 2.30. The second-order valence-electron chi connectivity index (χ2n) is 6.50. The molecule has 2 heterocycles. The number of fused-ring (bicyclic) bond motifs is 1. The van der Waals surface area contributed by atoms with Gasteiger partial charge in [-0.05, 0) is 48.9 Å². The maximum atomic E-state index is 5.95. The molecule has 0 saturated carbocycles. The summed E-state index contributed by atoms with van der Waals surface area (Å²) in [6, 6.07) is 8.61. The van der Waals surface area contributed by atoms with Crippen LogP contribution in [-0.4, -0.2) is 37.1 Å². The number of aliphatic imine (C=N–C) groups is 1. The number of hydrogen-bond acceptors (Lipinski definition) is 4. The van der Waals surface area contributed by atoms with Gasteiger partial charge in [0, 0.05) is 7.05 Å². The van der Waals surface area contributed by atoms with Crippen LogP contribution in [0.2, 0.25) is 0 Å². The maximum absolute atomic E-state index is 5.95. The Labute approximate surface area is 154 Å². The lowest BCUT2D eigenvalue weighted by Crippen LogP contribution is -2.44. The van der Waals surface area contributed by atoms with E-state index in [0.29, 0.717) is 13.2 Å². The number of nitrogens with zero attached hydrogens (tertiary/aromatic N) is 2. The molecule has 0 radical (unpaired) electrons. The highest BCUT2D eigenvalue weighted by Gasteiger charge is 2.25. The van der Waals surface area contributed by atoms with Crippen LogP contribution in [0.1, 0.15) is 37.0 Å². The van der Waals surface area contributed by atoms with Crippen molar-refractivity contribution in [2.24, 2.45) is 4.99 Å². The van der Waals surface area contributed by atoms with Crippen molar-refractivity contribution in [1.82, 2.24) is 4.90 Å². The number of benzene rings is 1. The minimum atomic E-state index is 0.249. The Morgan fingerprint density at radius 1 is 1.32 bits per heavy atom. The average molecular weight is 358 g/mol. The van der Waals surface area contributed by atoms with Crippen molar-refractivity contribution in [3.63, 3.8) is 0 Å². The predicted octanol–water partition coefficient (Wildman–Crippen LogP) is 4.54. The number of nitrogens with one attached hydrogen (secondary N) is 1. The zero-order valence-corrected chi connectivity index (χ0v) is 16.3. The van der Waals surface area contributed by atoms with Gasteiger partial charge in [-0.2, -0.15) is 0 Å². The molecule has 1 aliphatic rings. The molecule has 3 rings (SSSR count). The Bertz CT molecular complexity index is 753. The van der Waals surface area contributed by atoms with E-state index in [1.54, 1.807) is 11.3 Å². The highest BCUT2D eigenvalue weighted by molar-refractivity contribution is 7.14. The molecule has 0 fully saturated rings. The third-order valence-electron chi connectivity index (χ3n) is 4.55. The van der Waals surface area contributed by atoms with Gasteiger partial charge in [-0.25, -0.2) is 0 Å². The van der Waals surface area contributed by atoms with Gasteiger partial charge in [-0.1, -0.05) is 25.5 Å². The topological polar surface area (TPSA) is 36.9 Å². The molecule has 0 amide bonds. The Morgan fingerprint density at radius 3 is 2.92 bits per heavy atom. The van der Waals surface area contributed by atoms with Crippen molar-refractivity contribution in [2.75, 3.05) is 25.5 Å². The minimum absolute atomic E-state index is 0.249. The number of anilines is 1. The Morgan fingerprint density at radius 2 is 2.16 bits per heavy atom. The molecule has 0 bridgehead atoms. The van der Waals surface area contributed by atoms with E-state index in [0.717, 1.165) is 18.0 Å². The molecule has 134 valence electrons. The van der Waals surface area contributed by atoms with E-state index < -0.39 is 0 Å². The Kier molecular flexibility index (Phi) is 5.63. The summed E-state index contributed by atoms with van der Waals surface area (Å²) in [6.45, 7) is 7.71. The quantitative estimate of drug-likeness (QED) is 0.771. The van der Waals surface area contributed by atoms with E-state index in [1.165, 1.54) is 28.1 Å². The van der Waals surface area contributed by atoms with Gasteiger partial charge in [0.2, 0.25) is 0 Å². The van der Waals surface area contributed by atoms with Gasteiger partial charge in [-0.15, -0.1) is 11.3 Å². The molecule has 5 heteroatoms. The molecular formula is C20H27N3OS. The number of amidine groups is 1. The molecule has 2 aromatic rings. The summed E-state index contributed by atoms with van der Waals surface area (Å²) < 4.78 is 5.95. The van der Waals surface area contributed by atoms with Crippen molar-refractivity contribution in [3.8, 4) is 5.75 Å². The molecule has 1 N–H and O–H groups in total. The van der Waals surface area contributed by atoms with E-state index in [2.05, 4.69) is 67.7 Å². The zero-order chi connectivity index (χ0) is 17.8. The third-order valence-corrected chi connectivity index (χ3v) is 5.40. The SMILES string of the molecule is CCCc1ccc(OCCN=C2c3ccsc3NC(C)N2C)c(C)c1. The highest BCUT2D eigenvalue weighted by atomic mass is 32.1. The third kappa shape index (κ3) is 3.98. The number of ether oxygens (including phenoxy) is 1. The van der Waals surface area contributed by atoms with Crippen molar-refractivity contribution >= 4 is 22.2 Å². The summed E-state index contributed by atoms with van der Waals surface area (Å²) in [7, 11) is 2.08. The summed E-state index contributed by atoms with van der Waals surface area (Å²) in [6.07, 6.45) is 2.54. The summed E-state index contributed by atoms with van der Waals surface area (Å²) in [5.41, 5.74) is 3.76. The normalized spacial score (nSPS) is 18.2. The first kappa shape index (κ1) is 17.8. The minimum Gasteiger partial charge on any atom is -0.491 e. The molecule has 1 atom stereocenters. The van der Waals surface area contributed by atoms with Crippen molar-refractivity contribution in [3.05, 3.63) is 46.3 Å². The van der Waals surface area contributed by atoms with Gasteiger partial charge >= 0.3 is 0 Å². The van der Waals surface area contributed by atoms with Crippen LogP contribution < -0.4 is 10.1 Å². The summed E-state index contributed by atoms with van der Waals surface area (Å²) >= 11 is 1.73. The van der Waals surface area contributed by atoms with Gasteiger partial charge in [0.25, 0.3) is 0 Å². The maximum Gasteiger partial charge on any atom is 0.135 e. The van der Waals surface area contributed by atoms with Crippen molar-refractivity contribution in [2.45, 2.75) is 39.8 Å². The molecule has 4 nitrogen and oxygen atoms in total. The number of rotatable bonds is 6. The molecule has 1 aromatic heterocycles. The van der Waals surface area contributed by atoms with Crippen LogP contribution in [-0.2, 0) is 6.42 Å². The fraction of sp³-hybridized carbons (Fsp3) is 0.450. The molecule has 0 spiro atoms. The van der Waals surface area contributed by atoms with Crippen LogP contribution in [0.3, 0.4) is 0 Å². The zero-order valence-electron chi connectivity index (χ0n) is 15.5. The molecule has 0 saturated heterocycles. The van der Waals surface area contributed by atoms with Crippen molar-refractivity contribution < 1.29 is 4.74 Å². The Balaban J connectivity index is 1.62. The van der Waals surface area contributed by atoms with Crippen LogP contribution in [0.25, 0.3) is 0 Å². The number of thiophene rings is 1.